The van der Waals surface area contributed by atoms with Crippen LogP contribution in [0, 0.1) is 0 Å². The molecule has 0 saturated carbocycles. The number of anilines is 1. The van der Waals surface area contributed by atoms with Crippen LogP contribution in [0.4, 0.5) is 9.93 Å². The molecule has 0 fully saturated rings. The van der Waals surface area contributed by atoms with Crippen LogP contribution in [0.1, 0.15) is 24.4 Å². The van der Waals surface area contributed by atoms with Gasteiger partial charge >= 0.3 is 6.09 Å². The fraction of sp³-hybridized carbons (Fsp3) is 0.583. The minimum Gasteiger partial charge on any atom is -0.450 e. The van der Waals surface area contributed by atoms with Gasteiger partial charge in [-0.15, -0.1) is 11.6 Å². The molecule has 1 aromatic rings. The molecular formula is C12H16ClN3O3S. The van der Waals surface area contributed by atoms with Gasteiger partial charge in [-0.2, -0.15) is 0 Å². The fourth-order valence-corrected chi connectivity index (χ4v) is 3.09. The number of amides is 2. The molecule has 110 valence electrons. The molecule has 2 amide bonds. The Balaban J connectivity index is 2.04. The first-order valence-electron chi connectivity index (χ1n) is 6.36. The number of carbonyl (C=O) groups is 2. The number of ether oxygens (including phenoxy) is 1. The monoisotopic (exact) mass is 317 g/mol. The van der Waals surface area contributed by atoms with E-state index in [1.165, 1.54) is 11.3 Å². The molecule has 2 heterocycles. The van der Waals surface area contributed by atoms with Gasteiger partial charge in [0.2, 0.25) is 5.91 Å². The van der Waals surface area contributed by atoms with Crippen LogP contribution in [-0.4, -0.2) is 40.4 Å². The highest BCUT2D eigenvalue weighted by molar-refractivity contribution is 7.15. The highest BCUT2D eigenvalue weighted by atomic mass is 35.5. The van der Waals surface area contributed by atoms with E-state index < -0.39 is 11.5 Å². The van der Waals surface area contributed by atoms with Crippen molar-refractivity contribution < 1.29 is 14.3 Å². The minimum absolute atomic E-state index is 0.0781. The second-order valence-electron chi connectivity index (χ2n) is 4.36. The summed E-state index contributed by atoms with van der Waals surface area (Å²) in [6.07, 6.45) is 0.159. The van der Waals surface area contributed by atoms with Crippen LogP contribution in [0.15, 0.2) is 0 Å². The average molecular weight is 318 g/mol. The third-order valence-corrected chi connectivity index (χ3v) is 4.05. The van der Waals surface area contributed by atoms with Crippen LogP contribution in [0.3, 0.4) is 0 Å². The van der Waals surface area contributed by atoms with Crippen molar-refractivity contribution in [3.63, 3.8) is 0 Å². The Kier molecular flexibility index (Phi) is 4.82. The zero-order valence-corrected chi connectivity index (χ0v) is 12.9. The normalized spacial score (nSPS) is 15.4. The van der Waals surface area contributed by atoms with Crippen molar-refractivity contribution in [1.29, 1.82) is 0 Å². The summed E-state index contributed by atoms with van der Waals surface area (Å²) in [6, 6.07) is 0. The molecule has 1 atom stereocenters. The zero-order valence-electron chi connectivity index (χ0n) is 11.3. The fourth-order valence-electron chi connectivity index (χ4n) is 1.94. The number of hydrogen-bond acceptors (Lipinski definition) is 5. The number of thiazole rings is 1. The number of alkyl halides is 1. The molecule has 0 bridgehead atoms. The predicted molar refractivity (Wildman–Crippen MR) is 77.2 cm³/mol. The van der Waals surface area contributed by atoms with Crippen molar-refractivity contribution in [2.24, 2.45) is 0 Å². The first-order chi connectivity index (χ1) is 9.51. The maximum Gasteiger partial charge on any atom is 0.413 e. The van der Waals surface area contributed by atoms with Gasteiger partial charge in [0.15, 0.2) is 5.13 Å². The molecule has 0 aromatic carbocycles. The molecule has 0 aliphatic carbocycles. The van der Waals surface area contributed by atoms with Crippen LogP contribution in [0.25, 0.3) is 0 Å². The average Bonchev–Trinajstić information content (AvgIpc) is 2.78. The third kappa shape index (κ3) is 3.40. The molecule has 2 rings (SSSR count). The second-order valence-corrected chi connectivity index (χ2v) is 6.10. The number of carbonyl (C=O) groups excluding carboxylic acids is 2. The molecule has 0 radical (unpaired) electrons. The van der Waals surface area contributed by atoms with Gasteiger partial charge in [-0.05, 0) is 13.8 Å². The standard InChI is InChI=1S/C12H16ClN3O3S/c1-3-19-12(18)15-11-14-8-4-5-16(6-9(8)20-11)10(17)7(2)13/h7H,3-6H2,1-2H3,(H,14,15,18). The molecule has 1 aliphatic rings. The van der Waals surface area contributed by atoms with Crippen LogP contribution in [0.2, 0.25) is 0 Å². The predicted octanol–water partition coefficient (Wildman–Crippen LogP) is 2.22. The first-order valence-corrected chi connectivity index (χ1v) is 7.61. The van der Waals surface area contributed by atoms with E-state index in [4.69, 9.17) is 16.3 Å². The number of fused-ring (bicyclic) bond motifs is 1. The second kappa shape index (κ2) is 6.41. The van der Waals surface area contributed by atoms with Gasteiger partial charge in [0, 0.05) is 17.8 Å². The molecule has 1 aliphatic heterocycles. The van der Waals surface area contributed by atoms with Gasteiger partial charge in [0.1, 0.15) is 5.38 Å². The maximum absolute atomic E-state index is 11.9. The Bertz CT molecular complexity index is 518. The zero-order chi connectivity index (χ0) is 14.7. The van der Waals surface area contributed by atoms with Crippen molar-refractivity contribution in [3.8, 4) is 0 Å². The van der Waals surface area contributed by atoms with Crippen molar-refractivity contribution in [1.82, 2.24) is 9.88 Å². The highest BCUT2D eigenvalue weighted by Gasteiger charge is 2.26. The van der Waals surface area contributed by atoms with Crippen LogP contribution >= 0.6 is 22.9 Å². The molecular weight excluding hydrogens is 302 g/mol. The summed E-state index contributed by atoms with van der Waals surface area (Å²) >= 11 is 7.18. The van der Waals surface area contributed by atoms with Crippen LogP contribution in [0.5, 0.6) is 0 Å². The molecule has 1 N–H and O–H groups in total. The lowest BCUT2D eigenvalue weighted by Crippen LogP contribution is -2.39. The van der Waals surface area contributed by atoms with E-state index in [0.717, 1.165) is 10.6 Å². The van der Waals surface area contributed by atoms with Gasteiger partial charge in [0.25, 0.3) is 0 Å². The van der Waals surface area contributed by atoms with Crippen molar-refractivity contribution in [2.45, 2.75) is 32.2 Å². The molecule has 0 spiro atoms. The Morgan fingerprint density at radius 3 is 3.00 bits per heavy atom. The largest absolute Gasteiger partial charge is 0.450 e. The summed E-state index contributed by atoms with van der Waals surface area (Å²) in [4.78, 5) is 30.2. The lowest BCUT2D eigenvalue weighted by Gasteiger charge is -2.26. The van der Waals surface area contributed by atoms with E-state index in [0.29, 0.717) is 31.2 Å². The molecule has 20 heavy (non-hydrogen) atoms. The Morgan fingerprint density at radius 2 is 2.35 bits per heavy atom. The number of hydrogen-bond donors (Lipinski definition) is 1. The third-order valence-electron chi connectivity index (χ3n) is 2.87. The molecule has 8 heteroatoms. The first kappa shape index (κ1) is 15.1. The smallest absolute Gasteiger partial charge is 0.413 e. The van der Waals surface area contributed by atoms with Crippen LogP contribution < -0.4 is 5.32 Å². The van der Waals surface area contributed by atoms with Gasteiger partial charge in [0.05, 0.1) is 18.8 Å². The summed E-state index contributed by atoms with van der Waals surface area (Å²) in [7, 11) is 0. The highest BCUT2D eigenvalue weighted by Crippen LogP contribution is 2.28. The topological polar surface area (TPSA) is 71.5 Å². The lowest BCUT2D eigenvalue weighted by molar-refractivity contribution is -0.131. The number of halogens is 1. The van der Waals surface area contributed by atoms with Gasteiger partial charge in [-0.25, -0.2) is 9.78 Å². The molecule has 6 nitrogen and oxygen atoms in total. The van der Waals surface area contributed by atoms with E-state index in [-0.39, 0.29) is 5.91 Å². The van der Waals surface area contributed by atoms with Crippen LogP contribution in [-0.2, 0) is 22.5 Å². The van der Waals surface area contributed by atoms with E-state index in [2.05, 4.69) is 10.3 Å². The van der Waals surface area contributed by atoms with Gasteiger partial charge in [-0.1, -0.05) is 11.3 Å². The van der Waals surface area contributed by atoms with Crippen molar-refractivity contribution >= 4 is 40.1 Å². The molecule has 1 aromatic heterocycles. The van der Waals surface area contributed by atoms with E-state index in [9.17, 15) is 9.59 Å². The lowest BCUT2D eigenvalue weighted by atomic mass is 10.1. The minimum atomic E-state index is -0.526. The van der Waals surface area contributed by atoms with Gasteiger partial charge in [-0.3, -0.25) is 10.1 Å². The Morgan fingerprint density at radius 1 is 1.60 bits per heavy atom. The molecule has 1 unspecified atom stereocenters. The van der Waals surface area contributed by atoms with E-state index in [1.807, 2.05) is 0 Å². The summed E-state index contributed by atoms with van der Waals surface area (Å²) in [5.41, 5.74) is 0.924. The number of nitrogens with one attached hydrogen (secondary N) is 1. The Labute approximate surface area is 126 Å². The maximum atomic E-state index is 11.9. The molecule has 0 saturated heterocycles. The SMILES string of the molecule is CCOC(=O)Nc1nc2c(s1)CN(C(=O)C(C)Cl)CC2. The summed E-state index contributed by atoms with van der Waals surface area (Å²) < 4.78 is 4.80. The van der Waals surface area contributed by atoms with Crippen molar-refractivity contribution in [3.05, 3.63) is 10.6 Å². The van der Waals surface area contributed by atoms with E-state index >= 15 is 0 Å². The number of aromatic nitrogens is 1. The van der Waals surface area contributed by atoms with Crippen molar-refractivity contribution in [2.75, 3.05) is 18.5 Å². The summed E-state index contributed by atoms with van der Waals surface area (Å²) in [5, 5.41) is 2.56. The van der Waals surface area contributed by atoms with E-state index in [1.54, 1.807) is 18.7 Å². The summed E-state index contributed by atoms with van der Waals surface area (Å²) in [6.45, 7) is 4.81. The Hall–Kier alpha value is -1.34. The number of rotatable bonds is 3. The summed E-state index contributed by atoms with van der Waals surface area (Å²) in [5.74, 6) is -0.0781. The van der Waals surface area contributed by atoms with Gasteiger partial charge < -0.3 is 9.64 Å². The number of nitrogens with zero attached hydrogens (tertiary/aromatic N) is 2. The quantitative estimate of drug-likeness (QED) is 0.868.